The molecule has 0 fully saturated rings. The van der Waals surface area contributed by atoms with E-state index in [9.17, 15) is 19.2 Å². The Morgan fingerprint density at radius 2 is 1.00 bits per heavy atom. The highest BCUT2D eigenvalue weighted by molar-refractivity contribution is 6.32. The average Bonchev–Trinajstić information content (AvgIpc) is 2.62. The highest BCUT2D eigenvalue weighted by atomic mass is 16.6. The highest BCUT2D eigenvalue weighted by Gasteiger charge is 2.14. The maximum absolute atomic E-state index is 11.2. The Bertz CT molecular complexity index is 450. The van der Waals surface area contributed by atoms with E-state index in [1.165, 1.54) is 0 Å². The van der Waals surface area contributed by atoms with Crippen LogP contribution in [-0.2, 0) is 42.9 Å². The largest absolute Gasteiger partial charge is 0.481 e. The smallest absolute Gasteiger partial charge is 0.372 e. The molecule has 0 atom stereocenters. The number of hydrogen-bond acceptors (Lipinski definition) is 9. The molecule has 0 saturated heterocycles. The minimum atomic E-state index is -1.57. The van der Waals surface area contributed by atoms with Gasteiger partial charge < -0.3 is 33.9 Å². The molecular weight excluding hydrogens is 368 g/mol. The fourth-order valence-electron chi connectivity index (χ4n) is 1.53. The first kappa shape index (κ1) is 24.9. The van der Waals surface area contributed by atoms with E-state index < -0.39 is 23.7 Å². The molecule has 0 radical (unpaired) electrons. The van der Waals surface area contributed by atoms with E-state index in [0.717, 1.165) is 0 Å². The van der Waals surface area contributed by atoms with Crippen LogP contribution in [0.1, 0.15) is 19.3 Å². The lowest BCUT2D eigenvalue weighted by atomic mass is 10.2. The topological polar surface area (TPSA) is 155 Å². The standard InChI is InChI=1S/C16H26O11/c17-13(16(21)22)1-2-15(20)27-12-11-26-10-9-25-8-7-24-6-5-23-4-3-14(18)19/h1-12H2,(H,18,19)(H,21,22). The zero-order valence-corrected chi connectivity index (χ0v) is 15.1. The molecule has 0 rings (SSSR count). The third kappa shape index (κ3) is 18.5. The van der Waals surface area contributed by atoms with Crippen molar-refractivity contribution in [3.8, 4) is 0 Å². The van der Waals surface area contributed by atoms with Crippen LogP contribution < -0.4 is 0 Å². The summed E-state index contributed by atoms with van der Waals surface area (Å²) in [6, 6.07) is 0. The van der Waals surface area contributed by atoms with Crippen LogP contribution in [0.4, 0.5) is 0 Å². The van der Waals surface area contributed by atoms with Crippen LogP contribution in [-0.4, -0.2) is 93.4 Å². The molecule has 0 amide bonds. The molecule has 0 aliphatic rings. The zero-order valence-electron chi connectivity index (χ0n) is 15.1. The molecule has 0 spiro atoms. The molecule has 27 heavy (non-hydrogen) atoms. The molecule has 2 N–H and O–H groups in total. The second-order valence-electron chi connectivity index (χ2n) is 5.04. The molecule has 0 aliphatic heterocycles. The number of hydrogen-bond donors (Lipinski definition) is 2. The van der Waals surface area contributed by atoms with Gasteiger partial charge in [0.1, 0.15) is 6.61 Å². The van der Waals surface area contributed by atoms with Gasteiger partial charge in [-0.15, -0.1) is 0 Å². The van der Waals surface area contributed by atoms with Crippen molar-refractivity contribution >= 4 is 23.7 Å². The number of carbonyl (C=O) groups is 4. The number of carboxylic acid groups (broad SMARTS) is 2. The van der Waals surface area contributed by atoms with Gasteiger partial charge in [0.05, 0.1) is 65.7 Å². The van der Waals surface area contributed by atoms with Gasteiger partial charge in [0.2, 0.25) is 5.78 Å². The first-order valence-electron chi connectivity index (χ1n) is 8.38. The van der Waals surface area contributed by atoms with Crippen molar-refractivity contribution in [1.82, 2.24) is 0 Å². The lowest BCUT2D eigenvalue weighted by molar-refractivity contribution is -0.151. The summed E-state index contributed by atoms with van der Waals surface area (Å²) in [5, 5.41) is 16.8. The van der Waals surface area contributed by atoms with Gasteiger partial charge in [-0.2, -0.15) is 0 Å². The van der Waals surface area contributed by atoms with Crippen molar-refractivity contribution in [2.24, 2.45) is 0 Å². The van der Waals surface area contributed by atoms with E-state index >= 15 is 0 Å². The van der Waals surface area contributed by atoms with E-state index in [1.807, 2.05) is 0 Å². The lowest BCUT2D eigenvalue weighted by Gasteiger charge is -2.07. The molecule has 0 unspecified atom stereocenters. The summed E-state index contributed by atoms with van der Waals surface area (Å²) < 4.78 is 25.4. The number of carboxylic acids is 2. The summed E-state index contributed by atoms with van der Waals surface area (Å²) in [5.41, 5.74) is 0. The second-order valence-corrected chi connectivity index (χ2v) is 5.04. The lowest BCUT2D eigenvalue weighted by Crippen LogP contribution is -2.17. The van der Waals surface area contributed by atoms with Gasteiger partial charge in [-0.05, 0) is 0 Å². The van der Waals surface area contributed by atoms with Crippen LogP contribution in [0.25, 0.3) is 0 Å². The minimum absolute atomic E-state index is 0.00504. The quantitative estimate of drug-likeness (QED) is 0.165. The number of ether oxygens (including phenoxy) is 5. The molecular formula is C16H26O11. The third-order valence-electron chi connectivity index (χ3n) is 2.86. The monoisotopic (exact) mass is 394 g/mol. The zero-order chi connectivity index (χ0) is 20.3. The molecule has 0 bridgehead atoms. The maximum atomic E-state index is 11.2. The summed E-state index contributed by atoms with van der Waals surface area (Å²) in [7, 11) is 0. The summed E-state index contributed by atoms with van der Waals surface area (Å²) in [6.45, 7) is 2.36. The predicted molar refractivity (Wildman–Crippen MR) is 88.4 cm³/mol. The number of esters is 1. The Kier molecular flexibility index (Phi) is 16.0. The van der Waals surface area contributed by atoms with Crippen LogP contribution >= 0.6 is 0 Å². The fourth-order valence-corrected chi connectivity index (χ4v) is 1.53. The number of aliphatic carboxylic acids is 2. The average molecular weight is 394 g/mol. The van der Waals surface area contributed by atoms with Crippen LogP contribution in [0.5, 0.6) is 0 Å². The molecule has 0 heterocycles. The van der Waals surface area contributed by atoms with E-state index in [-0.39, 0.29) is 39.1 Å². The van der Waals surface area contributed by atoms with Crippen LogP contribution in [0, 0.1) is 0 Å². The van der Waals surface area contributed by atoms with Gasteiger partial charge in [0.15, 0.2) is 0 Å². The molecule has 11 heteroatoms. The van der Waals surface area contributed by atoms with Gasteiger partial charge in [0, 0.05) is 6.42 Å². The molecule has 0 aromatic carbocycles. The van der Waals surface area contributed by atoms with Gasteiger partial charge in [0.25, 0.3) is 0 Å². The van der Waals surface area contributed by atoms with Crippen molar-refractivity contribution in [1.29, 1.82) is 0 Å². The van der Waals surface area contributed by atoms with Crippen molar-refractivity contribution in [3.63, 3.8) is 0 Å². The maximum Gasteiger partial charge on any atom is 0.372 e. The minimum Gasteiger partial charge on any atom is -0.481 e. The Balaban J connectivity index is 3.22. The summed E-state index contributed by atoms with van der Waals surface area (Å²) in [6.07, 6.45) is -0.703. The normalized spacial score (nSPS) is 10.5. The van der Waals surface area contributed by atoms with Crippen LogP contribution in [0.2, 0.25) is 0 Å². The second kappa shape index (κ2) is 17.3. The number of Topliss-reactive ketones (excluding diaryl/α,β-unsaturated/α-hetero) is 1. The summed E-state index contributed by atoms with van der Waals surface area (Å²) in [5.74, 6) is -4.17. The fraction of sp³-hybridized carbons (Fsp3) is 0.750. The first-order chi connectivity index (χ1) is 12.9. The van der Waals surface area contributed by atoms with E-state index in [4.69, 9.17) is 33.9 Å². The molecule has 156 valence electrons. The first-order valence-corrected chi connectivity index (χ1v) is 8.38. The Morgan fingerprint density at radius 3 is 1.44 bits per heavy atom. The number of rotatable bonds is 19. The Hall–Kier alpha value is -2.08. The molecule has 0 saturated carbocycles. The van der Waals surface area contributed by atoms with Crippen molar-refractivity contribution in [2.75, 3.05) is 59.5 Å². The number of ketones is 1. The van der Waals surface area contributed by atoms with E-state index in [2.05, 4.69) is 0 Å². The van der Waals surface area contributed by atoms with Crippen LogP contribution in [0.3, 0.4) is 0 Å². The molecule has 11 nitrogen and oxygen atoms in total. The van der Waals surface area contributed by atoms with Crippen LogP contribution in [0.15, 0.2) is 0 Å². The Morgan fingerprint density at radius 1 is 0.556 bits per heavy atom. The van der Waals surface area contributed by atoms with E-state index in [1.54, 1.807) is 0 Å². The number of carbonyl (C=O) groups excluding carboxylic acids is 2. The van der Waals surface area contributed by atoms with Gasteiger partial charge in [-0.3, -0.25) is 14.4 Å². The predicted octanol–water partition coefficient (Wildman–Crippen LogP) is -0.495. The Labute approximate surface area is 156 Å². The third-order valence-corrected chi connectivity index (χ3v) is 2.86. The molecule has 0 aromatic rings. The summed E-state index contributed by atoms with van der Waals surface area (Å²) >= 11 is 0. The SMILES string of the molecule is O=C(O)CCOCCOCCOCCOCCOC(=O)CCC(=O)C(=O)O. The molecule has 0 aliphatic carbocycles. The van der Waals surface area contributed by atoms with E-state index in [0.29, 0.717) is 39.6 Å². The highest BCUT2D eigenvalue weighted by Crippen LogP contribution is 1.95. The molecule has 0 aromatic heterocycles. The van der Waals surface area contributed by atoms with Gasteiger partial charge in [-0.25, -0.2) is 4.79 Å². The summed E-state index contributed by atoms with van der Waals surface area (Å²) in [4.78, 5) is 42.5. The van der Waals surface area contributed by atoms with Crippen molar-refractivity contribution in [2.45, 2.75) is 19.3 Å². The van der Waals surface area contributed by atoms with Crippen molar-refractivity contribution in [3.05, 3.63) is 0 Å². The van der Waals surface area contributed by atoms with Gasteiger partial charge in [-0.1, -0.05) is 0 Å². The van der Waals surface area contributed by atoms with Gasteiger partial charge >= 0.3 is 17.9 Å². The van der Waals surface area contributed by atoms with Crippen molar-refractivity contribution < 1.29 is 53.1 Å².